The van der Waals surface area contributed by atoms with Gasteiger partial charge in [0.2, 0.25) is 17.0 Å². The number of hydrogen-bond acceptors (Lipinski definition) is 7. The Hall–Kier alpha value is -0.830. The highest BCUT2D eigenvalue weighted by atomic mass is 35.5. The van der Waals surface area contributed by atoms with E-state index in [1.165, 1.54) is 11.5 Å². The van der Waals surface area contributed by atoms with Crippen LogP contribution in [0.4, 0.5) is 11.1 Å². The van der Waals surface area contributed by atoms with Gasteiger partial charge in [0.15, 0.2) is 0 Å². The summed E-state index contributed by atoms with van der Waals surface area (Å²) in [7, 11) is 0. The van der Waals surface area contributed by atoms with Crippen molar-refractivity contribution in [1.82, 2.24) is 19.6 Å². The minimum Gasteiger partial charge on any atom is -0.367 e. The average Bonchev–Trinajstić information content (AvgIpc) is 3.05. The molecule has 1 spiro atoms. The second kappa shape index (κ2) is 7.59. The molecular formula is C14H24Cl2N6OS. The van der Waals surface area contributed by atoms with Gasteiger partial charge < -0.3 is 20.9 Å². The van der Waals surface area contributed by atoms with E-state index in [9.17, 15) is 4.79 Å². The Morgan fingerprint density at radius 3 is 2.46 bits per heavy atom. The smallest absolute Gasteiger partial charge is 0.233 e. The topological polar surface area (TPSA) is 87.4 Å². The summed E-state index contributed by atoms with van der Waals surface area (Å²) in [4.78, 5) is 21.2. The summed E-state index contributed by atoms with van der Waals surface area (Å²) in [6, 6.07) is 0. The third-order valence-corrected chi connectivity index (χ3v) is 6.17. The number of carbonyl (C=O) groups excluding carboxylic acids is 1. The first-order valence-corrected chi connectivity index (χ1v) is 8.79. The fraction of sp³-hybridized carbons (Fsp3) is 0.786. The maximum atomic E-state index is 12.7. The van der Waals surface area contributed by atoms with Crippen molar-refractivity contribution >= 4 is 53.3 Å². The molecule has 1 amide bonds. The number of anilines is 2. The number of rotatable bonds is 2. The van der Waals surface area contributed by atoms with Crippen molar-refractivity contribution < 1.29 is 4.79 Å². The lowest BCUT2D eigenvalue weighted by Gasteiger charge is -2.35. The van der Waals surface area contributed by atoms with Crippen LogP contribution in [0.15, 0.2) is 0 Å². The van der Waals surface area contributed by atoms with E-state index in [1.807, 2.05) is 4.90 Å². The highest BCUT2D eigenvalue weighted by Gasteiger charge is 2.58. The molecule has 0 bridgehead atoms. The molecule has 136 valence electrons. The molecule has 2 saturated heterocycles. The second-order valence-corrected chi connectivity index (χ2v) is 7.35. The Kier molecular flexibility index (Phi) is 6.17. The normalized spacial score (nSPS) is 24.9. The number of nitrogens with one attached hydrogen (secondary N) is 1. The Balaban J connectivity index is 0.00000104. The molecule has 4 rings (SSSR count). The van der Waals surface area contributed by atoms with Gasteiger partial charge in [0.25, 0.3) is 0 Å². The molecule has 3 aliphatic rings. The molecule has 10 heteroatoms. The van der Waals surface area contributed by atoms with E-state index < -0.39 is 0 Å². The van der Waals surface area contributed by atoms with Gasteiger partial charge in [0, 0.05) is 43.6 Å². The predicted octanol–water partition coefficient (Wildman–Crippen LogP) is 1.00. The lowest BCUT2D eigenvalue weighted by Crippen LogP contribution is -2.49. The number of nitrogens with two attached hydrogens (primary N) is 1. The van der Waals surface area contributed by atoms with Crippen molar-refractivity contribution in [1.29, 1.82) is 0 Å². The van der Waals surface area contributed by atoms with Gasteiger partial charge in [-0.2, -0.15) is 9.36 Å². The van der Waals surface area contributed by atoms with E-state index in [2.05, 4.69) is 19.6 Å². The first-order valence-electron chi connectivity index (χ1n) is 8.02. The SMILES string of the molecule is Cl.Cl.Nc1nsc(N2CCN(C(=O)C3CC34CCNCC4)CC2)n1. The summed E-state index contributed by atoms with van der Waals surface area (Å²) >= 11 is 1.33. The van der Waals surface area contributed by atoms with Gasteiger partial charge >= 0.3 is 0 Å². The molecule has 24 heavy (non-hydrogen) atoms. The van der Waals surface area contributed by atoms with Crippen LogP contribution in [-0.4, -0.2) is 59.4 Å². The lowest BCUT2D eigenvalue weighted by molar-refractivity contribution is -0.133. The summed E-state index contributed by atoms with van der Waals surface area (Å²) in [5, 5.41) is 4.26. The first-order chi connectivity index (χ1) is 10.7. The van der Waals surface area contributed by atoms with Gasteiger partial charge in [-0.05, 0) is 37.8 Å². The van der Waals surface area contributed by atoms with Crippen LogP contribution in [0.25, 0.3) is 0 Å². The summed E-state index contributed by atoms with van der Waals surface area (Å²) in [5.74, 6) is 0.987. The molecule has 1 saturated carbocycles. The third-order valence-electron chi connectivity index (χ3n) is 5.38. The number of piperidine rings is 1. The Morgan fingerprint density at radius 1 is 1.21 bits per heavy atom. The number of hydrogen-bond donors (Lipinski definition) is 2. The van der Waals surface area contributed by atoms with Crippen molar-refractivity contribution in [2.24, 2.45) is 11.3 Å². The van der Waals surface area contributed by atoms with E-state index in [0.717, 1.165) is 63.7 Å². The number of amides is 1. The zero-order chi connectivity index (χ0) is 15.2. The molecule has 1 atom stereocenters. The number of nitrogen functional groups attached to an aromatic ring is 1. The molecule has 3 N–H and O–H groups in total. The number of aromatic nitrogens is 2. The molecular weight excluding hydrogens is 371 g/mol. The molecule has 0 aromatic carbocycles. The van der Waals surface area contributed by atoms with E-state index in [4.69, 9.17) is 5.73 Å². The minimum absolute atomic E-state index is 0. The van der Waals surface area contributed by atoms with Crippen LogP contribution in [0, 0.1) is 11.3 Å². The van der Waals surface area contributed by atoms with Gasteiger partial charge in [0.05, 0.1) is 0 Å². The molecule has 1 aromatic heterocycles. The van der Waals surface area contributed by atoms with Gasteiger partial charge in [0.1, 0.15) is 0 Å². The quantitative estimate of drug-likeness (QED) is 0.777. The fourth-order valence-corrected chi connectivity index (χ4v) is 4.52. The third kappa shape index (κ3) is 3.56. The van der Waals surface area contributed by atoms with Gasteiger partial charge in [-0.25, -0.2) is 0 Å². The highest BCUT2D eigenvalue weighted by Crippen LogP contribution is 2.59. The average molecular weight is 395 g/mol. The van der Waals surface area contributed by atoms with Crippen LogP contribution >= 0.6 is 36.3 Å². The number of carbonyl (C=O) groups is 1. The molecule has 7 nitrogen and oxygen atoms in total. The summed E-state index contributed by atoms with van der Waals surface area (Å²) < 4.78 is 4.02. The first kappa shape index (κ1) is 19.5. The van der Waals surface area contributed by atoms with Crippen LogP contribution in [-0.2, 0) is 4.79 Å². The van der Waals surface area contributed by atoms with E-state index >= 15 is 0 Å². The minimum atomic E-state index is 0. The number of piperazine rings is 1. The largest absolute Gasteiger partial charge is 0.367 e. The zero-order valence-electron chi connectivity index (χ0n) is 13.4. The van der Waals surface area contributed by atoms with Crippen molar-refractivity contribution in [2.75, 3.05) is 49.9 Å². The zero-order valence-corrected chi connectivity index (χ0v) is 15.9. The van der Waals surface area contributed by atoms with E-state index in [-0.39, 0.29) is 30.7 Å². The Morgan fingerprint density at radius 2 is 1.88 bits per heavy atom. The molecule has 0 radical (unpaired) electrons. The fourth-order valence-electron chi connectivity index (χ4n) is 3.87. The van der Waals surface area contributed by atoms with Gasteiger partial charge in [-0.3, -0.25) is 4.79 Å². The van der Waals surface area contributed by atoms with Crippen molar-refractivity contribution in [3.8, 4) is 0 Å². The standard InChI is InChI=1S/C14H22N6OS.2ClH/c15-12-17-13(22-18-12)20-7-5-19(6-8-20)11(21)10-9-14(10)1-3-16-4-2-14;;/h10,16H,1-9H2,(H2,15,18);2*1H. The number of nitrogens with zero attached hydrogens (tertiary/aromatic N) is 4. The van der Waals surface area contributed by atoms with Crippen molar-refractivity contribution in [2.45, 2.75) is 19.3 Å². The Bertz CT molecular complexity index is 571. The second-order valence-electron chi connectivity index (χ2n) is 6.62. The summed E-state index contributed by atoms with van der Waals surface area (Å²) in [6.45, 7) is 5.33. The van der Waals surface area contributed by atoms with Crippen LogP contribution < -0.4 is 16.0 Å². The molecule has 3 heterocycles. The highest BCUT2D eigenvalue weighted by molar-refractivity contribution is 7.09. The molecule has 1 aliphatic carbocycles. The summed E-state index contributed by atoms with van der Waals surface area (Å²) in [5.41, 5.74) is 5.91. The van der Waals surface area contributed by atoms with Crippen LogP contribution in [0.1, 0.15) is 19.3 Å². The maximum absolute atomic E-state index is 12.7. The molecule has 2 aliphatic heterocycles. The van der Waals surface area contributed by atoms with Crippen LogP contribution in [0.5, 0.6) is 0 Å². The van der Waals surface area contributed by atoms with Crippen LogP contribution in [0.2, 0.25) is 0 Å². The predicted molar refractivity (Wildman–Crippen MR) is 100 cm³/mol. The summed E-state index contributed by atoms with van der Waals surface area (Å²) in [6.07, 6.45) is 3.42. The van der Waals surface area contributed by atoms with Gasteiger partial charge in [-0.15, -0.1) is 24.8 Å². The monoisotopic (exact) mass is 394 g/mol. The van der Waals surface area contributed by atoms with E-state index in [0.29, 0.717) is 17.3 Å². The van der Waals surface area contributed by atoms with Gasteiger partial charge in [-0.1, -0.05) is 0 Å². The lowest BCUT2D eigenvalue weighted by atomic mass is 9.91. The molecule has 1 unspecified atom stereocenters. The Labute approximate surface area is 158 Å². The van der Waals surface area contributed by atoms with Crippen molar-refractivity contribution in [3.05, 3.63) is 0 Å². The van der Waals surface area contributed by atoms with E-state index in [1.54, 1.807) is 0 Å². The molecule has 3 fully saturated rings. The molecule has 1 aromatic rings. The maximum Gasteiger partial charge on any atom is 0.233 e. The number of halogens is 2. The van der Waals surface area contributed by atoms with Crippen LogP contribution in [0.3, 0.4) is 0 Å². The van der Waals surface area contributed by atoms with Crippen molar-refractivity contribution in [3.63, 3.8) is 0 Å².